The second-order valence-corrected chi connectivity index (χ2v) is 6.11. The Balaban J connectivity index is 2.22. The normalized spacial score (nSPS) is 11.2. The van der Waals surface area contributed by atoms with Crippen LogP contribution >= 0.6 is 0 Å². The van der Waals surface area contributed by atoms with Crippen LogP contribution in [0.5, 0.6) is 0 Å². The molecule has 19 heavy (non-hydrogen) atoms. The molecular formula is C12H14N4O2S. The van der Waals surface area contributed by atoms with Gasteiger partial charge in [0.25, 0.3) is 0 Å². The van der Waals surface area contributed by atoms with Crippen molar-refractivity contribution in [1.82, 2.24) is 4.98 Å². The minimum absolute atomic E-state index is 0.248. The summed E-state index contributed by atoms with van der Waals surface area (Å²) in [4.78, 5) is 4.33. The minimum atomic E-state index is -3.18. The van der Waals surface area contributed by atoms with Gasteiger partial charge in [0.15, 0.2) is 9.84 Å². The lowest BCUT2D eigenvalue weighted by Crippen LogP contribution is -2.01. The molecule has 0 fully saturated rings. The Hall–Kier alpha value is -2.28. The van der Waals surface area contributed by atoms with Gasteiger partial charge in [-0.2, -0.15) is 0 Å². The van der Waals surface area contributed by atoms with E-state index in [1.807, 2.05) is 0 Å². The maximum absolute atomic E-state index is 11.3. The molecule has 7 heteroatoms. The minimum Gasteiger partial charge on any atom is -0.396 e. The second kappa shape index (κ2) is 4.77. The summed E-state index contributed by atoms with van der Waals surface area (Å²) in [6, 6.07) is 9.71. The number of benzene rings is 1. The highest BCUT2D eigenvalue weighted by Crippen LogP contribution is 2.20. The van der Waals surface area contributed by atoms with Gasteiger partial charge in [-0.15, -0.1) is 0 Å². The number of aromatic nitrogens is 1. The lowest BCUT2D eigenvalue weighted by atomic mass is 10.3. The van der Waals surface area contributed by atoms with Crippen molar-refractivity contribution < 1.29 is 8.42 Å². The number of anilines is 4. The molecule has 0 bridgehead atoms. The molecule has 0 atom stereocenters. The molecule has 0 saturated heterocycles. The second-order valence-electron chi connectivity index (χ2n) is 4.09. The zero-order valence-corrected chi connectivity index (χ0v) is 11.1. The zero-order valence-electron chi connectivity index (χ0n) is 10.3. The first-order chi connectivity index (χ1) is 8.86. The number of hydrogen-bond acceptors (Lipinski definition) is 6. The van der Waals surface area contributed by atoms with E-state index in [9.17, 15) is 8.42 Å². The van der Waals surface area contributed by atoms with Gasteiger partial charge in [-0.1, -0.05) is 0 Å². The number of pyridine rings is 1. The molecule has 0 aliphatic carbocycles. The molecule has 2 aromatic rings. The first-order valence-electron chi connectivity index (χ1n) is 5.45. The Bertz CT molecular complexity index is 696. The average molecular weight is 278 g/mol. The van der Waals surface area contributed by atoms with Crippen LogP contribution in [0.25, 0.3) is 0 Å². The van der Waals surface area contributed by atoms with Crippen molar-refractivity contribution in [2.45, 2.75) is 4.90 Å². The van der Waals surface area contributed by atoms with E-state index in [1.165, 1.54) is 12.1 Å². The van der Waals surface area contributed by atoms with Crippen LogP contribution < -0.4 is 16.8 Å². The van der Waals surface area contributed by atoms with Gasteiger partial charge in [-0.3, -0.25) is 0 Å². The molecule has 1 aromatic carbocycles. The van der Waals surface area contributed by atoms with Gasteiger partial charge >= 0.3 is 0 Å². The average Bonchev–Trinajstić information content (AvgIpc) is 2.33. The largest absolute Gasteiger partial charge is 0.396 e. The number of nitrogens with zero attached hydrogens (tertiary/aromatic N) is 1. The molecule has 0 radical (unpaired) electrons. The van der Waals surface area contributed by atoms with E-state index < -0.39 is 9.84 Å². The van der Waals surface area contributed by atoms with Crippen molar-refractivity contribution in [1.29, 1.82) is 0 Å². The standard InChI is InChI=1S/C12H14N4O2S/c1-19(17,18)9-4-2-8(3-5-9)15-11-7-6-10(13)12(14)16-11/h2-7H,13H2,1H3,(H3,14,15,16). The topological polar surface area (TPSA) is 111 Å². The smallest absolute Gasteiger partial charge is 0.175 e. The molecule has 0 saturated carbocycles. The third kappa shape index (κ3) is 3.14. The summed E-state index contributed by atoms with van der Waals surface area (Å²) in [5.41, 5.74) is 12.3. The first-order valence-corrected chi connectivity index (χ1v) is 7.34. The highest BCUT2D eigenvalue weighted by molar-refractivity contribution is 7.90. The highest BCUT2D eigenvalue weighted by Gasteiger charge is 2.06. The van der Waals surface area contributed by atoms with E-state index in [0.717, 1.165) is 6.26 Å². The SMILES string of the molecule is CS(=O)(=O)c1ccc(Nc2ccc(N)c(N)n2)cc1. The van der Waals surface area contributed by atoms with E-state index >= 15 is 0 Å². The maximum atomic E-state index is 11.3. The van der Waals surface area contributed by atoms with Crippen LogP contribution in [-0.4, -0.2) is 19.7 Å². The Morgan fingerprint density at radius 2 is 1.68 bits per heavy atom. The molecule has 1 aromatic heterocycles. The van der Waals surface area contributed by atoms with Gasteiger partial charge in [-0.25, -0.2) is 13.4 Å². The molecule has 0 aliphatic rings. The van der Waals surface area contributed by atoms with Gasteiger partial charge in [-0.05, 0) is 36.4 Å². The zero-order chi connectivity index (χ0) is 14.0. The first kappa shape index (κ1) is 13.2. The van der Waals surface area contributed by atoms with Crippen molar-refractivity contribution in [3.63, 3.8) is 0 Å². The van der Waals surface area contributed by atoms with E-state index in [-0.39, 0.29) is 10.7 Å². The lowest BCUT2D eigenvalue weighted by Gasteiger charge is -2.08. The van der Waals surface area contributed by atoms with Gasteiger partial charge < -0.3 is 16.8 Å². The Kier molecular flexibility index (Phi) is 3.30. The molecule has 6 nitrogen and oxygen atoms in total. The number of nitrogen functional groups attached to an aromatic ring is 2. The summed E-state index contributed by atoms with van der Waals surface area (Å²) in [7, 11) is -3.18. The van der Waals surface area contributed by atoms with Crippen molar-refractivity contribution in [2.24, 2.45) is 0 Å². The predicted molar refractivity (Wildman–Crippen MR) is 75.9 cm³/mol. The fraction of sp³-hybridized carbons (Fsp3) is 0.0833. The molecule has 5 N–H and O–H groups in total. The van der Waals surface area contributed by atoms with Crippen LogP contribution in [-0.2, 0) is 9.84 Å². The fourth-order valence-electron chi connectivity index (χ4n) is 1.49. The molecule has 0 unspecified atom stereocenters. The molecule has 2 rings (SSSR count). The Morgan fingerprint density at radius 1 is 1.05 bits per heavy atom. The molecular weight excluding hydrogens is 264 g/mol. The third-order valence-corrected chi connectivity index (χ3v) is 3.64. The van der Waals surface area contributed by atoms with Gasteiger partial charge in [0.2, 0.25) is 0 Å². The number of hydrogen-bond donors (Lipinski definition) is 3. The van der Waals surface area contributed by atoms with Crippen LogP contribution in [0.15, 0.2) is 41.3 Å². The molecule has 0 amide bonds. The van der Waals surface area contributed by atoms with Crippen molar-refractivity contribution in [3.05, 3.63) is 36.4 Å². The summed E-state index contributed by atoms with van der Waals surface area (Å²) >= 11 is 0. The molecule has 1 heterocycles. The lowest BCUT2D eigenvalue weighted by molar-refractivity contribution is 0.602. The maximum Gasteiger partial charge on any atom is 0.175 e. The number of nitrogens with two attached hydrogens (primary N) is 2. The van der Waals surface area contributed by atoms with Crippen LogP contribution in [0, 0.1) is 0 Å². The Morgan fingerprint density at radius 3 is 2.21 bits per heavy atom. The molecule has 0 aliphatic heterocycles. The van der Waals surface area contributed by atoms with E-state index in [4.69, 9.17) is 11.5 Å². The predicted octanol–water partition coefficient (Wildman–Crippen LogP) is 1.39. The van der Waals surface area contributed by atoms with Crippen LogP contribution in [0.4, 0.5) is 23.0 Å². The van der Waals surface area contributed by atoms with Crippen molar-refractivity contribution in [3.8, 4) is 0 Å². The van der Waals surface area contributed by atoms with Crippen molar-refractivity contribution in [2.75, 3.05) is 23.0 Å². The quantitative estimate of drug-likeness (QED) is 0.782. The number of sulfone groups is 1. The third-order valence-electron chi connectivity index (χ3n) is 2.51. The number of nitrogens with one attached hydrogen (secondary N) is 1. The summed E-state index contributed by atoms with van der Waals surface area (Å²) < 4.78 is 22.6. The van der Waals surface area contributed by atoms with Crippen molar-refractivity contribution >= 4 is 32.8 Å². The Labute approximate surface area is 111 Å². The number of rotatable bonds is 3. The van der Waals surface area contributed by atoms with Gasteiger partial charge in [0.1, 0.15) is 11.6 Å². The summed E-state index contributed by atoms with van der Waals surface area (Å²) in [6.07, 6.45) is 1.16. The molecule has 100 valence electrons. The summed E-state index contributed by atoms with van der Waals surface area (Å²) in [5.74, 6) is 0.788. The molecule has 0 spiro atoms. The summed E-state index contributed by atoms with van der Waals surface area (Å²) in [6.45, 7) is 0. The van der Waals surface area contributed by atoms with Crippen LogP contribution in [0.1, 0.15) is 0 Å². The van der Waals surface area contributed by atoms with E-state index in [2.05, 4.69) is 10.3 Å². The summed E-state index contributed by atoms with van der Waals surface area (Å²) in [5, 5.41) is 3.01. The van der Waals surface area contributed by atoms with E-state index in [1.54, 1.807) is 24.3 Å². The van der Waals surface area contributed by atoms with Gasteiger partial charge in [0, 0.05) is 11.9 Å². The van der Waals surface area contributed by atoms with E-state index in [0.29, 0.717) is 17.2 Å². The fourth-order valence-corrected chi connectivity index (χ4v) is 2.12. The monoisotopic (exact) mass is 278 g/mol. The van der Waals surface area contributed by atoms with Crippen LogP contribution in [0.3, 0.4) is 0 Å². The van der Waals surface area contributed by atoms with Gasteiger partial charge in [0.05, 0.1) is 10.6 Å². The highest BCUT2D eigenvalue weighted by atomic mass is 32.2. The van der Waals surface area contributed by atoms with Crippen LogP contribution in [0.2, 0.25) is 0 Å².